The van der Waals surface area contributed by atoms with E-state index in [0.29, 0.717) is 5.69 Å². The number of amides is 1. The third-order valence-electron chi connectivity index (χ3n) is 2.43. The highest BCUT2D eigenvalue weighted by atomic mass is 16.5. The predicted molar refractivity (Wildman–Crippen MR) is 72.0 cm³/mol. The molecule has 0 aliphatic carbocycles. The summed E-state index contributed by atoms with van der Waals surface area (Å²) in [4.78, 5) is 33.6. The Balaban J connectivity index is 2.29. The lowest BCUT2D eigenvalue weighted by molar-refractivity contribution is -0.150. The number of nitrogens with one attached hydrogen (secondary N) is 1. The third-order valence-corrected chi connectivity index (χ3v) is 2.43. The predicted octanol–water partition coefficient (Wildman–Crippen LogP) is 1.43. The van der Waals surface area contributed by atoms with Gasteiger partial charge in [0.25, 0.3) is 5.91 Å². The van der Waals surface area contributed by atoms with E-state index in [4.69, 9.17) is 4.74 Å². The van der Waals surface area contributed by atoms with E-state index in [1.54, 1.807) is 12.1 Å². The van der Waals surface area contributed by atoms with Gasteiger partial charge in [0.2, 0.25) is 0 Å². The number of aryl methyl sites for hydroxylation is 1. The number of carbonyl (C=O) groups is 3. The van der Waals surface area contributed by atoms with Crippen molar-refractivity contribution in [3.63, 3.8) is 0 Å². The molecule has 108 valence electrons. The van der Waals surface area contributed by atoms with Crippen molar-refractivity contribution in [3.8, 4) is 0 Å². The molecule has 1 aromatic carbocycles. The van der Waals surface area contributed by atoms with Gasteiger partial charge >= 0.3 is 11.9 Å². The molecule has 0 radical (unpaired) electrons. The lowest BCUT2D eigenvalue weighted by Crippen LogP contribution is -2.21. The zero-order valence-electron chi connectivity index (χ0n) is 11.5. The number of rotatable bonds is 6. The molecule has 6 heteroatoms. The van der Waals surface area contributed by atoms with Crippen LogP contribution in [0.3, 0.4) is 0 Å². The molecule has 0 atom stereocenters. The summed E-state index contributed by atoms with van der Waals surface area (Å²) in [5.74, 6) is -1.54. The molecule has 0 spiro atoms. The Morgan fingerprint density at radius 3 is 2.50 bits per heavy atom. The third kappa shape index (κ3) is 5.99. The molecule has 0 aliphatic heterocycles. The lowest BCUT2D eigenvalue weighted by Gasteiger charge is -2.07. The van der Waals surface area contributed by atoms with E-state index < -0.39 is 17.8 Å². The molecule has 0 fully saturated rings. The van der Waals surface area contributed by atoms with E-state index in [1.807, 2.05) is 19.1 Å². The van der Waals surface area contributed by atoms with E-state index in [1.165, 1.54) is 7.11 Å². The number of carbonyl (C=O) groups excluding carboxylic acids is 3. The van der Waals surface area contributed by atoms with Crippen molar-refractivity contribution in [2.75, 3.05) is 19.0 Å². The molecule has 0 bridgehead atoms. The minimum atomic E-state index is -0.616. The quantitative estimate of drug-likeness (QED) is 0.797. The Morgan fingerprint density at radius 1 is 1.15 bits per heavy atom. The van der Waals surface area contributed by atoms with Crippen LogP contribution < -0.4 is 5.32 Å². The van der Waals surface area contributed by atoms with Gasteiger partial charge in [-0.15, -0.1) is 0 Å². The first-order valence-electron chi connectivity index (χ1n) is 6.10. The van der Waals surface area contributed by atoms with Gasteiger partial charge in [-0.3, -0.25) is 14.4 Å². The molecule has 0 saturated heterocycles. The molecule has 1 rings (SSSR count). The van der Waals surface area contributed by atoms with Crippen molar-refractivity contribution in [2.45, 2.75) is 19.8 Å². The summed E-state index contributed by atoms with van der Waals surface area (Å²) in [6.07, 6.45) is -0.167. The molecule has 6 nitrogen and oxygen atoms in total. The number of anilines is 1. The Hall–Kier alpha value is -2.37. The van der Waals surface area contributed by atoms with Crippen molar-refractivity contribution in [1.82, 2.24) is 0 Å². The van der Waals surface area contributed by atoms with Crippen LogP contribution in [-0.4, -0.2) is 31.6 Å². The highest BCUT2D eigenvalue weighted by Crippen LogP contribution is 2.09. The number of benzene rings is 1. The smallest absolute Gasteiger partial charge is 0.306 e. The summed E-state index contributed by atoms with van der Waals surface area (Å²) in [6.45, 7) is 1.52. The summed E-state index contributed by atoms with van der Waals surface area (Å²) >= 11 is 0. The van der Waals surface area contributed by atoms with Crippen LogP contribution >= 0.6 is 0 Å². The normalized spacial score (nSPS) is 9.70. The van der Waals surface area contributed by atoms with Crippen molar-refractivity contribution < 1.29 is 23.9 Å². The highest BCUT2D eigenvalue weighted by Gasteiger charge is 2.10. The van der Waals surface area contributed by atoms with E-state index in [2.05, 4.69) is 10.1 Å². The van der Waals surface area contributed by atoms with Gasteiger partial charge in [-0.25, -0.2) is 0 Å². The molecule has 0 heterocycles. The van der Waals surface area contributed by atoms with Gasteiger partial charge in [0.1, 0.15) is 0 Å². The van der Waals surface area contributed by atoms with E-state index >= 15 is 0 Å². The fourth-order valence-corrected chi connectivity index (χ4v) is 1.44. The molecule has 0 saturated carbocycles. The Morgan fingerprint density at radius 2 is 1.85 bits per heavy atom. The number of ether oxygens (including phenoxy) is 2. The van der Waals surface area contributed by atoms with E-state index in [9.17, 15) is 14.4 Å². The molecule has 1 aromatic rings. The summed E-state index contributed by atoms with van der Waals surface area (Å²) in [5.41, 5.74) is 1.65. The minimum Gasteiger partial charge on any atom is -0.469 e. The Kier molecular flexibility index (Phi) is 6.22. The van der Waals surface area contributed by atoms with Crippen LogP contribution in [-0.2, 0) is 23.9 Å². The van der Waals surface area contributed by atoms with Crippen molar-refractivity contribution in [2.24, 2.45) is 0 Å². The highest BCUT2D eigenvalue weighted by molar-refractivity contribution is 5.93. The van der Waals surface area contributed by atoms with E-state index in [0.717, 1.165) is 5.56 Å². The number of methoxy groups -OCH3 is 1. The molecule has 0 aromatic heterocycles. The first-order valence-corrected chi connectivity index (χ1v) is 6.10. The van der Waals surface area contributed by atoms with Crippen LogP contribution in [0.1, 0.15) is 18.4 Å². The van der Waals surface area contributed by atoms with Gasteiger partial charge in [-0.2, -0.15) is 0 Å². The van der Waals surface area contributed by atoms with Gasteiger partial charge in [-0.05, 0) is 24.6 Å². The Bertz CT molecular complexity index is 498. The first-order chi connectivity index (χ1) is 9.51. The first kappa shape index (κ1) is 15.7. The minimum absolute atomic E-state index is 0.0607. The van der Waals surface area contributed by atoms with Crippen LogP contribution in [0, 0.1) is 6.92 Å². The number of hydrogen-bond donors (Lipinski definition) is 1. The van der Waals surface area contributed by atoms with Gasteiger partial charge in [-0.1, -0.05) is 12.1 Å². The van der Waals surface area contributed by atoms with Gasteiger partial charge in [0.05, 0.1) is 20.0 Å². The summed E-state index contributed by atoms with van der Waals surface area (Å²) < 4.78 is 9.13. The average molecular weight is 279 g/mol. The monoisotopic (exact) mass is 279 g/mol. The molecule has 1 N–H and O–H groups in total. The maximum Gasteiger partial charge on any atom is 0.306 e. The molecule has 0 aliphatic rings. The van der Waals surface area contributed by atoms with Crippen LogP contribution in [0.15, 0.2) is 24.3 Å². The topological polar surface area (TPSA) is 81.7 Å². The van der Waals surface area contributed by atoms with Gasteiger partial charge in [0, 0.05) is 5.69 Å². The fraction of sp³-hybridized carbons (Fsp3) is 0.357. The molecular weight excluding hydrogens is 262 g/mol. The maximum absolute atomic E-state index is 11.5. The van der Waals surface area contributed by atoms with Gasteiger partial charge < -0.3 is 14.8 Å². The molecule has 1 amide bonds. The zero-order chi connectivity index (χ0) is 15.0. The van der Waals surface area contributed by atoms with Gasteiger partial charge in [0.15, 0.2) is 6.61 Å². The molecular formula is C14H17NO5. The van der Waals surface area contributed by atoms with Crippen molar-refractivity contribution in [1.29, 1.82) is 0 Å². The second kappa shape index (κ2) is 7.93. The van der Waals surface area contributed by atoms with Crippen LogP contribution in [0.5, 0.6) is 0 Å². The molecule has 20 heavy (non-hydrogen) atoms. The largest absolute Gasteiger partial charge is 0.469 e. The molecule has 0 unspecified atom stereocenters. The standard InChI is InChI=1S/C14H17NO5/c1-10-4-3-5-11(8-10)15-12(16)9-20-14(18)7-6-13(17)19-2/h3-5,8H,6-7,9H2,1-2H3,(H,15,16). The van der Waals surface area contributed by atoms with Crippen LogP contribution in [0.25, 0.3) is 0 Å². The van der Waals surface area contributed by atoms with Crippen LogP contribution in [0.4, 0.5) is 5.69 Å². The Labute approximate surface area is 117 Å². The summed E-state index contributed by atoms with van der Waals surface area (Å²) in [6, 6.07) is 7.26. The second-order valence-electron chi connectivity index (χ2n) is 4.15. The maximum atomic E-state index is 11.5. The average Bonchev–Trinajstić information content (AvgIpc) is 2.42. The van der Waals surface area contributed by atoms with Crippen LogP contribution in [0.2, 0.25) is 0 Å². The van der Waals surface area contributed by atoms with E-state index in [-0.39, 0.29) is 19.4 Å². The summed E-state index contributed by atoms with van der Waals surface area (Å²) in [5, 5.41) is 2.61. The second-order valence-corrected chi connectivity index (χ2v) is 4.15. The fourth-order valence-electron chi connectivity index (χ4n) is 1.44. The zero-order valence-corrected chi connectivity index (χ0v) is 11.5. The number of hydrogen-bond acceptors (Lipinski definition) is 5. The number of esters is 2. The van der Waals surface area contributed by atoms with Crippen molar-refractivity contribution >= 4 is 23.5 Å². The lowest BCUT2D eigenvalue weighted by atomic mass is 10.2. The van der Waals surface area contributed by atoms with Crippen molar-refractivity contribution in [3.05, 3.63) is 29.8 Å². The summed E-state index contributed by atoms with van der Waals surface area (Å²) in [7, 11) is 1.24. The SMILES string of the molecule is COC(=O)CCC(=O)OCC(=O)Nc1cccc(C)c1.